The first-order valence-electron chi connectivity index (χ1n) is 10.8. The van der Waals surface area contributed by atoms with Crippen LogP contribution in [0.2, 0.25) is 0 Å². The van der Waals surface area contributed by atoms with Crippen LogP contribution < -0.4 is 5.73 Å². The number of hydrogen-bond donors (Lipinski definition) is 1. The van der Waals surface area contributed by atoms with Crippen LogP contribution in [0.1, 0.15) is 52.6 Å². The quantitative estimate of drug-likeness (QED) is 0.684. The summed E-state index contributed by atoms with van der Waals surface area (Å²) in [5, 5.41) is 9.07. The minimum absolute atomic E-state index is 0.0346. The van der Waals surface area contributed by atoms with Crippen LogP contribution in [-0.4, -0.2) is 44.5 Å². The van der Waals surface area contributed by atoms with Crippen molar-refractivity contribution in [2.24, 2.45) is 5.73 Å². The smallest absolute Gasteiger partial charge is 0.274 e. The van der Waals surface area contributed by atoms with E-state index in [0.717, 1.165) is 30.6 Å². The molecule has 8 heteroatoms. The summed E-state index contributed by atoms with van der Waals surface area (Å²) in [5.41, 5.74) is 9.19. The first-order chi connectivity index (χ1) is 15.5. The molecular weight excluding hydrogens is 407 g/mol. The Morgan fingerprint density at radius 3 is 2.66 bits per heavy atom. The molecule has 1 aliphatic heterocycles. The topological polar surface area (TPSA) is 101 Å². The molecule has 5 rings (SSSR count). The van der Waals surface area contributed by atoms with Crippen LogP contribution in [0.15, 0.2) is 36.5 Å². The molecule has 2 aromatic heterocycles. The fourth-order valence-corrected chi connectivity index (χ4v) is 4.23. The molecule has 2 fully saturated rings. The van der Waals surface area contributed by atoms with Gasteiger partial charge in [-0.2, -0.15) is 5.26 Å². The second-order valence-electron chi connectivity index (χ2n) is 8.53. The average Bonchev–Trinajstić information content (AvgIpc) is 3.47. The minimum atomic E-state index is -0.627. The monoisotopic (exact) mass is 430 g/mol. The van der Waals surface area contributed by atoms with Crippen molar-refractivity contribution < 1.29 is 9.18 Å². The molecule has 1 amide bonds. The molecule has 2 aliphatic rings. The van der Waals surface area contributed by atoms with Crippen molar-refractivity contribution in [1.82, 2.24) is 19.4 Å². The summed E-state index contributed by atoms with van der Waals surface area (Å²) in [5.74, 6) is 0.139. The van der Waals surface area contributed by atoms with Gasteiger partial charge in [0.1, 0.15) is 23.4 Å². The third-order valence-electron chi connectivity index (χ3n) is 6.19. The number of imidazole rings is 1. The molecule has 7 nitrogen and oxygen atoms in total. The fraction of sp³-hybridized carbons (Fsp3) is 0.333. The van der Waals surface area contributed by atoms with Gasteiger partial charge in [0.15, 0.2) is 0 Å². The predicted molar refractivity (Wildman–Crippen MR) is 117 cm³/mol. The van der Waals surface area contributed by atoms with E-state index in [1.807, 2.05) is 29.7 Å². The number of rotatable bonds is 4. The zero-order chi connectivity index (χ0) is 22.4. The molecule has 1 saturated carbocycles. The van der Waals surface area contributed by atoms with Gasteiger partial charge in [-0.15, -0.1) is 0 Å². The Morgan fingerprint density at radius 1 is 1.25 bits per heavy atom. The first kappa shape index (κ1) is 20.3. The summed E-state index contributed by atoms with van der Waals surface area (Å²) in [6.45, 7) is 2.91. The van der Waals surface area contributed by atoms with E-state index in [9.17, 15) is 9.18 Å². The molecule has 162 valence electrons. The van der Waals surface area contributed by atoms with Crippen molar-refractivity contribution >= 4 is 5.91 Å². The Kier molecular flexibility index (Phi) is 4.98. The number of likely N-dealkylation sites (tertiary alicyclic amines) is 1. The zero-order valence-electron chi connectivity index (χ0n) is 17.8. The van der Waals surface area contributed by atoms with Gasteiger partial charge >= 0.3 is 0 Å². The summed E-state index contributed by atoms with van der Waals surface area (Å²) in [6.07, 6.45) is 4.84. The highest BCUT2D eigenvalue weighted by Gasteiger charge is 2.30. The van der Waals surface area contributed by atoms with Crippen molar-refractivity contribution in [2.75, 3.05) is 13.1 Å². The SMILES string of the molecule is Cc1c(C(=O)N2CC[C@H](N)C2)nc(-c2ccc(C#N)c(F)c2)n1-c1ccc(C2CC2)nc1. The van der Waals surface area contributed by atoms with Crippen molar-refractivity contribution in [2.45, 2.75) is 38.1 Å². The van der Waals surface area contributed by atoms with Crippen LogP contribution >= 0.6 is 0 Å². The number of nitrogens with zero attached hydrogens (tertiary/aromatic N) is 5. The van der Waals surface area contributed by atoms with E-state index in [1.165, 1.54) is 12.1 Å². The lowest BCUT2D eigenvalue weighted by atomic mass is 10.1. The number of carbonyl (C=O) groups excluding carboxylic acids is 1. The van der Waals surface area contributed by atoms with Crippen molar-refractivity contribution in [1.29, 1.82) is 5.26 Å². The van der Waals surface area contributed by atoms with Gasteiger partial charge in [-0.05, 0) is 56.5 Å². The van der Waals surface area contributed by atoms with Crippen LogP contribution in [0.5, 0.6) is 0 Å². The summed E-state index contributed by atoms with van der Waals surface area (Å²) in [6, 6.07) is 10.1. The molecule has 2 N–H and O–H groups in total. The van der Waals surface area contributed by atoms with E-state index >= 15 is 0 Å². The molecule has 0 bridgehead atoms. The Balaban J connectivity index is 1.62. The van der Waals surface area contributed by atoms with Gasteiger partial charge in [0.25, 0.3) is 5.91 Å². The summed E-state index contributed by atoms with van der Waals surface area (Å²) < 4.78 is 16.2. The number of benzene rings is 1. The maximum atomic E-state index is 14.4. The van der Waals surface area contributed by atoms with Gasteiger partial charge < -0.3 is 10.6 Å². The molecule has 0 unspecified atom stereocenters. The number of aromatic nitrogens is 3. The maximum Gasteiger partial charge on any atom is 0.274 e. The third kappa shape index (κ3) is 3.55. The second-order valence-corrected chi connectivity index (χ2v) is 8.53. The van der Waals surface area contributed by atoms with Gasteiger partial charge in [0, 0.05) is 36.3 Å². The van der Waals surface area contributed by atoms with E-state index in [2.05, 4.69) is 9.97 Å². The highest BCUT2D eigenvalue weighted by molar-refractivity contribution is 5.94. The zero-order valence-corrected chi connectivity index (χ0v) is 17.8. The number of nitriles is 1. The van der Waals surface area contributed by atoms with E-state index in [-0.39, 0.29) is 17.5 Å². The molecule has 3 heterocycles. The molecule has 0 spiro atoms. The number of carbonyl (C=O) groups is 1. The molecule has 1 saturated heterocycles. The lowest BCUT2D eigenvalue weighted by Gasteiger charge is -2.15. The first-order valence-corrected chi connectivity index (χ1v) is 10.8. The normalized spacial score (nSPS) is 18.1. The average molecular weight is 430 g/mol. The van der Waals surface area contributed by atoms with Gasteiger partial charge in [0.2, 0.25) is 0 Å². The molecule has 1 aromatic carbocycles. The number of amides is 1. The molecule has 3 aromatic rings. The Labute approximate surface area is 185 Å². The van der Waals surface area contributed by atoms with Crippen molar-refractivity contribution in [3.63, 3.8) is 0 Å². The fourth-order valence-electron chi connectivity index (χ4n) is 4.23. The largest absolute Gasteiger partial charge is 0.336 e. The van der Waals surface area contributed by atoms with Crippen LogP contribution in [0.25, 0.3) is 17.1 Å². The minimum Gasteiger partial charge on any atom is -0.336 e. The lowest BCUT2D eigenvalue weighted by molar-refractivity contribution is 0.0785. The highest BCUT2D eigenvalue weighted by Crippen LogP contribution is 2.39. The third-order valence-corrected chi connectivity index (χ3v) is 6.19. The summed E-state index contributed by atoms with van der Waals surface area (Å²) in [7, 11) is 0. The van der Waals surface area contributed by atoms with E-state index in [0.29, 0.717) is 41.8 Å². The molecule has 0 radical (unpaired) electrons. The van der Waals surface area contributed by atoms with Crippen LogP contribution in [0.3, 0.4) is 0 Å². The van der Waals surface area contributed by atoms with E-state index < -0.39 is 5.82 Å². The number of nitrogens with two attached hydrogens (primary N) is 1. The van der Waals surface area contributed by atoms with Crippen molar-refractivity contribution in [3.05, 3.63) is 65.0 Å². The highest BCUT2D eigenvalue weighted by atomic mass is 19.1. The Bertz CT molecular complexity index is 1240. The van der Waals surface area contributed by atoms with Crippen molar-refractivity contribution in [3.8, 4) is 23.1 Å². The summed E-state index contributed by atoms with van der Waals surface area (Å²) in [4.78, 5) is 24.2. The standard InChI is InChI=1S/C24H23FN6O/c1-14-22(24(32)30-9-8-18(27)13-30)29-23(16-4-5-17(11-26)20(25)10-16)31(14)19-6-7-21(28-12-19)15-2-3-15/h4-7,10,12,15,18H,2-3,8-9,13,27H2,1H3/t18-/m0/s1. The number of pyridine rings is 1. The van der Waals surface area contributed by atoms with Gasteiger partial charge in [0.05, 0.1) is 23.1 Å². The second kappa shape index (κ2) is 7.84. The van der Waals surface area contributed by atoms with E-state index in [4.69, 9.17) is 11.0 Å². The number of hydrogen-bond acceptors (Lipinski definition) is 5. The lowest BCUT2D eigenvalue weighted by Crippen LogP contribution is -2.32. The van der Waals surface area contributed by atoms with Crippen LogP contribution in [0, 0.1) is 24.1 Å². The molecular formula is C24H23FN6O. The molecule has 32 heavy (non-hydrogen) atoms. The van der Waals surface area contributed by atoms with Gasteiger partial charge in [-0.1, -0.05) is 0 Å². The van der Waals surface area contributed by atoms with Gasteiger partial charge in [-0.25, -0.2) is 9.37 Å². The van der Waals surface area contributed by atoms with Gasteiger partial charge in [-0.3, -0.25) is 14.3 Å². The summed E-state index contributed by atoms with van der Waals surface area (Å²) >= 11 is 0. The van der Waals surface area contributed by atoms with E-state index in [1.54, 1.807) is 17.2 Å². The maximum absolute atomic E-state index is 14.4. The Hall–Kier alpha value is -3.57. The predicted octanol–water partition coefficient (Wildman–Crippen LogP) is 3.30. The number of halogens is 1. The van der Waals surface area contributed by atoms with Crippen LogP contribution in [0.4, 0.5) is 4.39 Å². The molecule has 1 aliphatic carbocycles. The molecule has 1 atom stereocenters. The Morgan fingerprint density at radius 2 is 2.06 bits per heavy atom. The van der Waals surface area contributed by atoms with Crippen LogP contribution in [-0.2, 0) is 0 Å².